The molecule has 0 bridgehead atoms. The summed E-state index contributed by atoms with van der Waals surface area (Å²) >= 11 is 0. The van der Waals surface area contributed by atoms with E-state index in [1.54, 1.807) is 6.20 Å². The van der Waals surface area contributed by atoms with Crippen LogP contribution in [0, 0.1) is 0 Å². The van der Waals surface area contributed by atoms with Crippen LogP contribution in [0.25, 0.3) is 0 Å². The van der Waals surface area contributed by atoms with Gasteiger partial charge in [-0.25, -0.2) is 0 Å². The van der Waals surface area contributed by atoms with E-state index in [1.165, 1.54) is 19.4 Å². The zero-order valence-electron chi connectivity index (χ0n) is 11.4. The van der Waals surface area contributed by atoms with E-state index in [9.17, 15) is 0 Å². The molecule has 0 fully saturated rings. The Morgan fingerprint density at radius 2 is 2.18 bits per heavy atom. The molecule has 1 heterocycles. The van der Waals surface area contributed by atoms with Gasteiger partial charge in [-0.3, -0.25) is 5.10 Å². The van der Waals surface area contributed by atoms with Crippen LogP contribution in [0.15, 0.2) is 12.3 Å². The maximum atomic E-state index is 3.94. The molecule has 0 aliphatic carbocycles. The number of H-pyrrole nitrogens is 1. The molecule has 1 aromatic rings. The van der Waals surface area contributed by atoms with Crippen LogP contribution in [-0.4, -0.2) is 40.8 Å². The lowest BCUT2D eigenvalue weighted by Crippen LogP contribution is -2.28. The Morgan fingerprint density at radius 3 is 2.76 bits per heavy atom. The van der Waals surface area contributed by atoms with Gasteiger partial charge in [-0.1, -0.05) is 13.8 Å². The molecule has 1 unspecified atom stereocenters. The molecule has 0 saturated heterocycles. The fourth-order valence-corrected chi connectivity index (χ4v) is 1.93. The van der Waals surface area contributed by atoms with Gasteiger partial charge in [-0.05, 0) is 45.5 Å². The van der Waals surface area contributed by atoms with Gasteiger partial charge in [-0.15, -0.1) is 0 Å². The monoisotopic (exact) mass is 238 g/mol. The van der Waals surface area contributed by atoms with Crippen molar-refractivity contribution in [1.82, 2.24) is 20.4 Å². The van der Waals surface area contributed by atoms with Gasteiger partial charge in [0, 0.05) is 24.5 Å². The molecular weight excluding hydrogens is 212 g/mol. The molecule has 0 spiro atoms. The van der Waals surface area contributed by atoms with Crippen molar-refractivity contribution in [1.29, 1.82) is 0 Å². The summed E-state index contributed by atoms with van der Waals surface area (Å²) in [4.78, 5) is 2.47. The fraction of sp³-hybridized carbons (Fsp3) is 0.769. The Kier molecular flexibility index (Phi) is 6.89. The summed E-state index contributed by atoms with van der Waals surface area (Å²) in [5, 5.41) is 10.4. The molecule has 0 saturated carbocycles. The van der Waals surface area contributed by atoms with E-state index in [4.69, 9.17) is 0 Å². The summed E-state index contributed by atoms with van der Waals surface area (Å²) in [5.74, 6) is 0. The van der Waals surface area contributed by atoms with Gasteiger partial charge >= 0.3 is 0 Å². The highest BCUT2D eigenvalue weighted by Crippen LogP contribution is 2.01. The van der Waals surface area contributed by atoms with Crippen molar-refractivity contribution >= 4 is 0 Å². The van der Waals surface area contributed by atoms with E-state index >= 15 is 0 Å². The van der Waals surface area contributed by atoms with Crippen LogP contribution in [-0.2, 0) is 6.54 Å². The van der Waals surface area contributed by atoms with Crippen LogP contribution >= 0.6 is 0 Å². The standard InChI is InChI=1S/C13H26N4/c1-4-17(5-2)10-6-7-12(3)14-11-13-8-9-15-16-13/h8-9,12,14H,4-7,10-11H2,1-3H3,(H,15,16). The van der Waals surface area contributed by atoms with Gasteiger partial charge < -0.3 is 10.2 Å². The first-order chi connectivity index (χ1) is 8.26. The van der Waals surface area contributed by atoms with Crippen molar-refractivity contribution in [2.75, 3.05) is 19.6 Å². The van der Waals surface area contributed by atoms with Crippen LogP contribution in [0.5, 0.6) is 0 Å². The molecule has 1 atom stereocenters. The van der Waals surface area contributed by atoms with Crippen LogP contribution in [0.1, 0.15) is 39.3 Å². The first-order valence-corrected chi connectivity index (χ1v) is 6.70. The highest BCUT2D eigenvalue weighted by Gasteiger charge is 2.04. The highest BCUT2D eigenvalue weighted by atomic mass is 15.1. The van der Waals surface area contributed by atoms with Crippen molar-refractivity contribution in [2.45, 2.75) is 46.2 Å². The zero-order chi connectivity index (χ0) is 12.5. The SMILES string of the molecule is CCN(CC)CCCC(C)NCc1ccn[nH]1. The molecule has 0 radical (unpaired) electrons. The fourth-order valence-electron chi connectivity index (χ4n) is 1.93. The first kappa shape index (κ1) is 14.2. The summed E-state index contributed by atoms with van der Waals surface area (Å²) in [6.07, 6.45) is 4.28. The maximum absolute atomic E-state index is 3.94. The number of hydrogen-bond donors (Lipinski definition) is 2. The second-order valence-corrected chi connectivity index (χ2v) is 4.53. The smallest absolute Gasteiger partial charge is 0.0490 e. The Hall–Kier alpha value is -0.870. The number of nitrogens with zero attached hydrogens (tertiary/aromatic N) is 2. The predicted molar refractivity (Wildman–Crippen MR) is 71.9 cm³/mol. The third-order valence-corrected chi connectivity index (χ3v) is 3.21. The molecule has 4 heteroatoms. The summed E-state index contributed by atoms with van der Waals surface area (Å²) in [7, 11) is 0. The predicted octanol–water partition coefficient (Wildman–Crippen LogP) is 2.01. The number of nitrogens with one attached hydrogen (secondary N) is 2. The van der Waals surface area contributed by atoms with E-state index in [0.29, 0.717) is 6.04 Å². The van der Waals surface area contributed by atoms with Crippen molar-refractivity contribution < 1.29 is 0 Å². The van der Waals surface area contributed by atoms with E-state index in [2.05, 4.69) is 41.2 Å². The lowest BCUT2D eigenvalue weighted by Gasteiger charge is -2.19. The molecule has 1 rings (SSSR count). The van der Waals surface area contributed by atoms with Crippen LogP contribution in [0.2, 0.25) is 0 Å². The second kappa shape index (κ2) is 8.25. The first-order valence-electron chi connectivity index (χ1n) is 6.70. The lowest BCUT2D eigenvalue weighted by atomic mass is 10.1. The number of aromatic amines is 1. The van der Waals surface area contributed by atoms with Crippen LogP contribution < -0.4 is 5.32 Å². The summed E-state index contributed by atoms with van der Waals surface area (Å²) < 4.78 is 0. The Bertz CT molecular complexity index is 267. The van der Waals surface area contributed by atoms with E-state index in [1.807, 2.05) is 6.07 Å². The number of hydrogen-bond acceptors (Lipinski definition) is 3. The average Bonchev–Trinajstić information content (AvgIpc) is 2.85. The van der Waals surface area contributed by atoms with Crippen molar-refractivity contribution in [2.24, 2.45) is 0 Å². The highest BCUT2D eigenvalue weighted by molar-refractivity contribution is 4.96. The minimum atomic E-state index is 0.564. The summed E-state index contributed by atoms with van der Waals surface area (Å²) in [5.41, 5.74) is 1.15. The average molecular weight is 238 g/mol. The Labute approximate surface area is 105 Å². The molecular formula is C13H26N4. The molecule has 2 N–H and O–H groups in total. The Balaban J connectivity index is 2.06. The van der Waals surface area contributed by atoms with E-state index in [-0.39, 0.29) is 0 Å². The van der Waals surface area contributed by atoms with Gasteiger partial charge in [0.05, 0.1) is 0 Å². The Morgan fingerprint density at radius 1 is 1.41 bits per heavy atom. The molecule has 17 heavy (non-hydrogen) atoms. The molecule has 0 aromatic carbocycles. The van der Waals surface area contributed by atoms with Crippen LogP contribution in [0.3, 0.4) is 0 Å². The normalized spacial score (nSPS) is 13.2. The molecule has 0 aliphatic rings. The minimum absolute atomic E-state index is 0.564. The van der Waals surface area contributed by atoms with Gasteiger partial charge in [0.2, 0.25) is 0 Å². The number of rotatable bonds is 9. The third kappa shape index (κ3) is 5.84. The molecule has 0 aliphatic heterocycles. The topological polar surface area (TPSA) is 44.0 Å². The van der Waals surface area contributed by atoms with Gasteiger partial charge in [0.1, 0.15) is 0 Å². The molecule has 4 nitrogen and oxygen atoms in total. The van der Waals surface area contributed by atoms with E-state index < -0.39 is 0 Å². The van der Waals surface area contributed by atoms with Gasteiger partial charge in [-0.2, -0.15) is 5.10 Å². The zero-order valence-corrected chi connectivity index (χ0v) is 11.4. The van der Waals surface area contributed by atoms with Crippen molar-refractivity contribution in [3.63, 3.8) is 0 Å². The second-order valence-electron chi connectivity index (χ2n) is 4.53. The maximum Gasteiger partial charge on any atom is 0.0490 e. The summed E-state index contributed by atoms with van der Waals surface area (Å²) in [6.45, 7) is 11.1. The van der Waals surface area contributed by atoms with Gasteiger partial charge in [0.15, 0.2) is 0 Å². The number of aromatic nitrogens is 2. The van der Waals surface area contributed by atoms with Crippen molar-refractivity contribution in [3.05, 3.63) is 18.0 Å². The quantitative estimate of drug-likeness (QED) is 0.691. The molecule has 1 aromatic heterocycles. The molecule has 0 amide bonds. The van der Waals surface area contributed by atoms with Crippen molar-refractivity contribution in [3.8, 4) is 0 Å². The largest absolute Gasteiger partial charge is 0.309 e. The van der Waals surface area contributed by atoms with E-state index in [0.717, 1.165) is 25.3 Å². The molecule has 98 valence electrons. The summed E-state index contributed by atoms with van der Waals surface area (Å²) in [6, 6.07) is 2.57. The minimum Gasteiger partial charge on any atom is -0.309 e. The lowest BCUT2D eigenvalue weighted by molar-refractivity contribution is 0.290. The van der Waals surface area contributed by atoms with Gasteiger partial charge in [0.25, 0.3) is 0 Å². The third-order valence-electron chi connectivity index (χ3n) is 3.21. The van der Waals surface area contributed by atoms with Crippen LogP contribution in [0.4, 0.5) is 0 Å².